The van der Waals surface area contributed by atoms with Gasteiger partial charge in [-0.3, -0.25) is 4.99 Å². The van der Waals surface area contributed by atoms with Crippen LogP contribution in [0.5, 0.6) is 0 Å². The van der Waals surface area contributed by atoms with Crippen molar-refractivity contribution in [1.29, 1.82) is 0 Å². The van der Waals surface area contributed by atoms with Gasteiger partial charge in [0.25, 0.3) is 0 Å². The number of hydrogen-bond acceptors (Lipinski definition) is 3. The van der Waals surface area contributed by atoms with Crippen LogP contribution in [0.3, 0.4) is 0 Å². The van der Waals surface area contributed by atoms with Crippen LogP contribution in [0.1, 0.15) is 67.5 Å². The third-order valence-corrected chi connectivity index (χ3v) is 14.2. The zero-order chi connectivity index (χ0) is 43.6. The topological polar surface area (TPSA) is 37.9 Å². The van der Waals surface area contributed by atoms with Crippen molar-refractivity contribution in [1.82, 2.24) is 0 Å². The molecule has 0 fully saturated rings. The van der Waals surface area contributed by atoms with Crippen LogP contribution in [-0.4, -0.2) is 11.5 Å². The number of furan rings is 1. The van der Waals surface area contributed by atoms with Gasteiger partial charge in [-0.05, 0) is 133 Å². The molecule has 0 saturated carbocycles. The van der Waals surface area contributed by atoms with Gasteiger partial charge in [-0.2, -0.15) is 0 Å². The highest BCUT2D eigenvalue weighted by atomic mass is 16.3. The van der Waals surface area contributed by atoms with E-state index in [1.54, 1.807) is 0 Å². The summed E-state index contributed by atoms with van der Waals surface area (Å²) in [4.78, 5) is 11.1. The molecule has 12 rings (SSSR count). The molecule has 65 heavy (non-hydrogen) atoms. The molecule has 0 bridgehead atoms. The monoisotopic (exact) mass is 836 g/mol. The summed E-state index contributed by atoms with van der Waals surface area (Å²) in [6.07, 6.45) is 1.84. The fraction of sp³-hybridized carbons (Fsp3) is 0.129. The van der Waals surface area contributed by atoms with Crippen molar-refractivity contribution in [3.8, 4) is 44.5 Å². The number of aliphatic imine (C=N–C) groups is 2. The van der Waals surface area contributed by atoms with Crippen LogP contribution in [0, 0.1) is 5.92 Å². The minimum atomic E-state index is -0.0603. The Kier molecular flexibility index (Phi) is 9.34. The number of nitrogens with zero attached hydrogens (tertiary/aromatic N) is 2. The van der Waals surface area contributed by atoms with Gasteiger partial charge < -0.3 is 4.42 Å². The summed E-state index contributed by atoms with van der Waals surface area (Å²) in [5.41, 5.74) is 18.7. The smallest absolute Gasteiger partial charge is 0.156 e. The molecule has 312 valence electrons. The van der Waals surface area contributed by atoms with Gasteiger partial charge in [0.15, 0.2) is 5.84 Å². The molecule has 1 aromatic heterocycles. The van der Waals surface area contributed by atoms with Crippen molar-refractivity contribution in [2.45, 2.75) is 45.1 Å². The van der Waals surface area contributed by atoms with Crippen LogP contribution in [-0.2, 0) is 5.41 Å². The van der Waals surface area contributed by atoms with E-state index in [0.717, 1.165) is 68.6 Å². The molecular weight excluding hydrogens is 789 g/mol. The van der Waals surface area contributed by atoms with Gasteiger partial charge in [-0.1, -0.05) is 185 Å². The summed E-state index contributed by atoms with van der Waals surface area (Å²) in [5.74, 6) is 1.03. The minimum absolute atomic E-state index is 0.0292. The molecule has 1 aliphatic heterocycles. The van der Waals surface area contributed by atoms with E-state index in [9.17, 15) is 0 Å². The molecule has 3 nitrogen and oxygen atoms in total. The molecule has 0 spiro atoms. The van der Waals surface area contributed by atoms with Crippen LogP contribution in [0.2, 0.25) is 0 Å². The van der Waals surface area contributed by atoms with Crippen molar-refractivity contribution >= 4 is 44.3 Å². The van der Waals surface area contributed by atoms with E-state index >= 15 is 0 Å². The molecule has 2 aliphatic rings. The van der Waals surface area contributed by atoms with E-state index in [4.69, 9.17) is 14.4 Å². The third-order valence-electron chi connectivity index (χ3n) is 14.2. The van der Waals surface area contributed by atoms with Crippen LogP contribution in [0.25, 0.3) is 77.2 Å². The van der Waals surface area contributed by atoms with Crippen LogP contribution >= 0.6 is 0 Å². The highest BCUT2D eigenvalue weighted by Gasteiger charge is 2.35. The maximum atomic E-state index is 6.61. The fourth-order valence-electron chi connectivity index (χ4n) is 10.6. The molecular formula is C62H48N2O. The first kappa shape index (κ1) is 39.0. The van der Waals surface area contributed by atoms with Gasteiger partial charge in [0, 0.05) is 21.8 Å². The zero-order valence-electron chi connectivity index (χ0n) is 36.9. The van der Waals surface area contributed by atoms with E-state index in [1.165, 1.54) is 60.8 Å². The fourth-order valence-corrected chi connectivity index (χ4v) is 10.6. The van der Waals surface area contributed by atoms with Gasteiger partial charge in [-0.15, -0.1) is 0 Å². The average molecular weight is 837 g/mol. The normalized spacial score (nSPS) is 18.3. The molecule has 9 aromatic carbocycles. The second-order valence-electron chi connectivity index (χ2n) is 18.5. The van der Waals surface area contributed by atoms with Gasteiger partial charge in [0.05, 0.1) is 11.8 Å². The number of amidine groups is 1. The molecule has 1 aliphatic carbocycles. The van der Waals surface area contributed by atoms with Crippen molar-refractivity contribution in [3.63, 3.8) is 0 Å². The largest absolute Gasteiger partial charge is 0.456 e. The summed E-state index contributed by atoms with van der Waals surface area (Å²) >= 11 is 0. The summed E-state index contributed by atoms with van der Waals surface area (Å²) in [6.45, 7) is 7.03. The van der Waals surface area contributed by atoms with E-state index in [0.29, 0.717) is 5.92 Å². The lowest BCUT2D eigenvalue weighted by molar-refractivity contribution is 0.446. The Labute approximate surface area is 380 Å². The zero-order valence-corrected chi connectivity index (χ0v) is 36.9. The summed E-state index contributed by atoms with van der Waals surface area (Å²) in [6, 6.07) is 72.6. The molecule has 2 unspecified atom stereocenters. The Morgan fingerprint density at radius 1 is 0.477 bits per heavy atom. The Hall–Kier alpha value is -7.62. The Bertz CT molecular complexity index is 3530. The molecule has 3 heteroatoms. The standard InChI is InChI=1S/C62H48N2O/c1-39-23-33-56(43-14-5-4-6-15-43)63-61(64-60(39)49-29-28-40-13-7-8-16-44(40)36-49)52-20-12-22-58-59(52)53-37-47(31-34-57(53)65-58)46-18-11-17-45(35-46)41-24-26-42(27-25-41)48-30-32-51-50-19-9-10-21-54(50)62(2,3)55(51)38-48/h4-22,24-32,34-39,60H,23,33H2,1-3H3/b63-56+,64-61-. The average Bonchev–Trinajstić information content (AvgIpc) is 3.84. The molecule has 0 saturated heterocycles. The molecule has 0 radical (unpaired) electrons. The van der Waals surface area contributed by atoms with Crippen LogP contribution in [0.15, 0.2) is 215 Å². The second kappa shape index (κ2) is 15.6. The predicted molar refractivity (Wildman–Crippen MR) is 272 cm³/mol. The number of benzene rings is 9. The summed E-state index contributed by atoms with van der Waals surface area (Å²) in [7, 11) is 0. The lowest BCUT2D eigenvalue weighted by atomic mass is 9.81. The molecule has 2 atom stereocenters. The number of fused-ring (bicyclic) bond motifs is 7. The lowest BCUT2D eigenvalue weighted by Gasteiger charge is -2.25. The molecule has 0 amide bonds. The first-order chi connectivity index (χ1) is 31.9. The highest BCUT2D eigenvalue weighted by Crippen LogP contribution is 2.49. The van der Waals surface area contributed by atoms with Crippen molar-refractivity contribution in [2.24, 2.45) is 15.9 Å². The second-order valence-corrected chi connectivity index (χ2v) is 18.5. The van der Waals surface area contributed by atoms with Crippen molar-refractivity contribution < 1.29 is 4.42 Å². The van der Waals surface area contributed by atoms with E-state index < -0.39 is 0 Å². The quantitative estimate of drug-likeness (QED) is 0.164. The van der Waals surface area contributed by atoms with Crippen LogP contribution in [0.4, 0.5) is 0 Å². The summed E-state index contributed by atoms with van der Waals surface area (Å²) < 4.78 is 6.61. The molecule has 2 heterocycles. The van der Waals surface area contributed by atoms with Crippen LogP contribution < -0.4 is 0 Å². The predicted octanol–water partition coefficient (Wildman–Crippen LogP) is 16.5. The van der Waals surface area contributed by atoms with E-state index in [-0.39, 0.29) is 11.5 Å². The van der Waals surface area contributed by atoms with Crippen molar-refractivity contribution in [3.05, 3.63) is 228 Å². The van der Waals surface area contributed by atoms with Gasteiger partial charge in [0.2, 0.25) is 0 Å². The highest BCUT2D eigenvalue weighted by molar-refractivity contribution is 6.22. The van der Waals surface area contributed by atoms with Crippen molar-refractivity contribution in [2.75, 3.05) is 0 Å². The Balaban J connectivity index is 0.919. The number of hydrogen-bond donors (Lipinski definition) is 0. The molecule has 0 N–H and O–H groups in total. The maximum absolute atomic E-state index is 6.61. The summed E-state index contributed by atoms with van der Waals surface area (Å²) in [5, 5.41) is 4.56. The third kappa shape index (κ3) is 6.82. The maximum Gasteiger partial charge on any atom is 0.156 e. The van der Waals surface area contributed by atoms with E-state index in [2.05, 4.69) is 221 Å². The lowest BCUT2D eigenvalue weighted by Crippen LogP contribution is -2.18. The van der Waals surface area contributed by atoms with Gasteiger partial charge >= 0.3 is 0 Å². The first-order valence-corrected chi connectivity index (χ1v) is 23.0. The number of rotatable bonds is 6. The minimum Gasteiger partial charge on any atom is -0.456 e. The van der Waals surface area contributed by atoms with E-state index in [1.807, 2.05) is 0 Å². The van der Waals surface area contributed by atoms with Gasteiger partial charge in [-0.25, -0.2) is 4.99 Å². The molecule has 10 aromatic rings. The Morgan fingerprint density at radius 2 is 1.11 bits per heavy atom. The Morgan fingerprint density at radius 3 is 1.94 bits per heavy atom. The van der Waals surface area contributed by atoms with Gasteiger partial charge in [0.1, 0.15) is 11.2 Å². The first-order valence-electron chi connectivity index (χ1n) is 23.0. The SMILES string of the molecule is CC1CC/C(c2ccccc2)=N\C(c2cccc3oc4ccc(-c5cccc(-c6ccc(-c7ccc8c(c7)C(C)(C)c7ccccc7-8)cc6)c5)cc4c23)=N/C1c1ccc2ccccc2c1.